The lowest BCUT2D eigenvalue weighted by molar-refractivity contribution is -0.385. The molecule has 37 heteroatoms. The summed E-state index contributed by atoms with van der Waals surface area (Å²) in [6, 6.07) is 8.90. The molecule has 1 aliphatic carbocycles. The van der Waals surface area contributed by atoms with Crippen LogP contribution in [0.25, 0.3) is 12.2 Å². The van der Waals surface area contributed by atoms with Crippen molar-refractivity contribution in [2.75, 3.05) is 21.7 Å². The lowest BCUT2D eigenvalue weighted by Crippen LogP contribution is -2.26. The fraction of sp³-hybridized carbons (Fsp3) is 0. The van der Waals surface area contributed by atoms with Gasteiger partial charge in [0, 0.05) is 34.6 Å². The van der Waals surface area contributed by atoms with Gasteiger partial charge in [-0.2, -0.15) is 65.5 Å². The Morgan fingerprint density at radius 2 is 0.932 bits per heavy atom. The lowest BCUT2D eigenvalue weighted by atomic mass is 9.82. The van der Waals surface area contributed by atoms with E-state index in [0.717, 1.165) is 48.6 Å². The van der Waals surface area contributed by atoms with Gasteiger partial charge in [0.15, 0.2) is 11.6 Å². The van der Waals surface area contributed by atoms with Crippen molar-refractivity contribution in [3.63, 3.8) is 0 Å². The number of nitro groups is 1. The maximum absolute atomic E-state index is 14.1. The van der Waals surface area contributed by atoms with Crippen molar-refractivity contribution in [2.24, 2.45) is 0 Å². The number of nitrogens with two attached hydrogens (primary N) is 1. The predicted molar refractivity (Wildman–Crippen MR) is 253 cm³/mol. The van der Waals surface area contributed by atoms with Crippen molar-refractivity contribution in [1.82, 2.24) is 15.0 Å². The van der Waals surface area contributed by atoms with Gasteiger partial charge in [-0.05, 0) is 77.3 Å². The standard InChI is InChI=1S/C37H25ClN8O22S6/c38-35-43-36(41-18-5-3-15(24(9-18)69(51,52)53)1-2-16-4-7-19(46(49)50)11-25(16)70(54,55)56)45-37(44-35)42-22-8-6-17(10-26(22)71(57,58)59)40-23-14-29(74(66,67)68)32(39)31-30(23)33(47)20-12-27(72(60,61)62)28(73(63,64)65)13-21(20)34(31)48/h1-14,40H,39H2,(H,51,52,53)(H,54,55,56)(H,57,58,59)(H,60,61,62)(H,63,64,65)(H,66,67,68)(H2,41,42,43,44,45)/b2-1+. The summed E-state index contributed by atoms with van der Waals surface area (Å²) in [5, 5.41) is 17.9. The number of benzene rings is 5. The minimum Gasteiger partial charge on any atom is -0.397 e. The molecule has 5 aromatic carbocycles. The summed E-state index contributed by atoms with van der Waals surface area (Å²) in [7, 11) is -32.1. The number of fused-ring (bicyclic) bond motifs is 2. The van der Waals surface area contributed by atoms with Crippen LogP contribution in [-0.2, 0) is 60.7 Å². The Morgan fingerprint density at radius 3 is 1.43 bits per heavy atom. The number of carbonyl (C=O) groups is 2. The van der Waals surface area contributed by atoms with Gasteiger partial charge in [-0.25, -0.2) is 0 Å². The van der Waals surface area contributed by atoms with E-state index in [1.807, 2.05) is 0 Å². The highest BCUT2D eigenvalue weighted by Gasteiger charge is 2.40. The number of halogens is 1. The third-order valence-electron chi connectivity index (χ3n) is 10.1. The molecule has 1 aromatic heterocycles. The number of nitrogens with one attached hydrogen (secondary N) is 3. The Bertz CT molecular complexity index is 4270. The van der Waals surface area contributed by atoms with Crippen molar-refractivity contribution in [3.05, 3.63) is 122 Å². The van der Waals surface area contributed by atoms with E-state index in [1.165, 1.54) is 6.07 Å². The summed E-state index contributed by atoms with van der Waals surface area (Å²) in [6.45, 7) is 0. The van der Waals surface area contributed by atoms with E-state index in [0.29, 0.717) is 18.2 Å². The summed E-state index contributed by atoms with van der Waals surface area (Å²) < 4.78 is 207. The highest BCUT2D eigenvalue weighted by atomic mass is 35.5. The molecule has 0 spiro atoms. The number of aromatic nitrogens is 3. The van der Waals surface area contributed by atoms with Crippen molar-refractivity contribution in [2.45, 2.75) is 29.4 Å². The zero-order chi connectivity index (χ0) is 55.0. The fourth-order valence-corrected chi connectivity index (χ4v) is 11.7. The molecule has 0 fully saturated rings. The Morgan fingerprint density at radius 1 is 0.500 bits per heavy atom. The Labute approximate surface area is 419 Å². The van der Waals surface area contributed by atoms with Crippen LogP contribution in [0, 0.1) is 10.1 Å². The van der Waals surface area contributed by atoms with E-state index in [-0.39, 0.29) is 28.9 Å². The summed E-state index contributed by atoms with van der Waals surface area (Å²) in [4.78, 5) is 42.7. The molecule has 388 valence electrons. The molecule has 0 saturated heterocycles. The van der Waals surface area contributed by atoms with E-state index >= 15 is 0 Å². The fourth-order valence-electron chi connectivity index (χ4n) is 7.00. The highest BCUT2D eigenvalue weighted by molar-refractivity contribution is 7.89. The number of ketones is 2. The summed E-state index contributed by atoms with van der Waals surface area (Å²) in [5.74, 6) is -4.01. The van der Waals surface area contributed by atoms with Crippen molar-refractivity contribution >= 4 is 142 Å². The molecule has 1 heterocycles. The molecule has 11 N–H and O–H groups in total. The van der Waals surface area contributed by atoms with Crippen LogP contribution in [0.5, 0.6) is 0 Å². The van der Waals surface area contributed by atoms with Crippen LogP contribution in [0.1, 0.15) is 43.0 Å². The van der Waals surface area contributed by atoms with Gasteiger partial charge in [0.25, 0.3) is 66.4 Å². The number of hydrogen-bond acceptors (Lipinski definition) is 23. The van der Waals surface area contributed by atoms with Crippen molar-refractivity contribution in [3.8, 4) is 0 Å². The molecule has 0 atom stereocenters. The summed E-state index contributed by atoms with van der Waals surface area (Å²) in [5.41, 5.74) is -2.37. The van der Waals surface area contributed by atoms with E-state index < -0.39 is 174 Å². The molecule has 7 rings (SSSR count). The molecule has 0 saturated carbocycles. The van der Waals surface area contributed by atoms with Crippen LogP contribution < -0.4 is 21.7 Å². The topological polar surface area (TPSA) is 504 Å². The zero-order valence-corrected chi connectivity index (χ0v) is 41.1. The SMILES string of the molecule is Nc1c(S(=O)(=O)O)cc(Nc2ccc(Nc3nc(Cl)nc(Nc4ccc(/C=C/c5ccc([N+](=O)[O-])cc5S(=O)(=O)O)c(S(=O)(=O)O)c4)n3)c(S(=O)(=O)O)c2)c2c1C(=O)c1cc(S(=O)(=O)O)c(S(=O)(=O)O)cc1C2=O. The number of rotatable bonds is 15. The molecule has 30 nitrogen and oxygen atoms in total. The smallest absolute Gasteiger partial charge is 0.296 e. The van der Waals surface area contributed by atoms with Gasteiger partial charge in [-0.15, -0.1) is 0 Å². The van der Waals surface area contributed by atoms with E-state index in [2.05, 4.69) is 30.9 Å². The van der Waals surface area contributed by atoms with Gasteiger partial charge < -0.3 is 21.7 Å². The molecule has 0 aliphatic heterocycles. The van der Waals surface area contributed by atoms with Crippen molar-refractivity contribution in [1.29, 1.82) is 0 Å². The molecular formula is C37H25ClN8O22S6. The van der Waals surface area contributed by atoms with Gasteiger partial charge >= 0.3 is 0 Å². The molecule has 1 aliphatic rings. The number of hydrogen-bond donors (Lipinski definition) is 10. The first kappa shape index (κ1) is 54.3. The van der Waals surface area contributed by atoms with Crippen LogP contribution in [-0.4, -0.2) is 109 Å². The number of anilines is 7. The van der Waals surface area contributed by atoms with Crippen LogP contribution in [0.3, 0.4) is 0 Å². The number of nitrogens with zero attached hydrogens (tertiary/aromatic N) is 4. The average Bonchev–Trinajstić information content (AvgIpc) is 3.26. The molecule has 0 bridgehead atoms. The van der Waals surface area contributed by atoms with Gasteiger partial charge in [-0.1, -0.05) is 18.2 Å². The van der Waals surface area contributed by atoms with Crippen LogP contribution in [0.15, 0.2) is 102 Å². The largest absolute Gasteiger partial charge is 0.397 e. The molecule has 6 aromatic rings. The van der Waals surface area contributed by atoms with Gasteiger partial charge in [-0.3, -0.25) is 47.0 Å². The maximum Gasteiger partial charge on any atom is 0.296 e. The van der Waals surface area contributed by atoms with Gasteiger partial charge in [0.1, 0.15) is 29.4 Å². The normalized spacial score (nSPS) is 13.3. The molecule has 0 radical (unpaired) electrons. The second-order valence-electron chi connectivity index (χ2n) is 14.8. The minimum absolute atomic E-state index is 0.187. The minimum atomic E-state index is -5.58. The first-order valence-electron chi connectivity index (χ1n) is 19.0. The third-order valence-corrected chi connectivity index (χ3v) is 15.8. The van der Waals surface area contributed by atoms with Gasteiger partial charge in [0.05, 0.1) is 33.1 Å². The number of nitrogen functional groups attached to an aromatic ring is 1. The summed E-state index contributed by atoms with van der Waals surface area (Å²) >= 11 is 6.09. The summed E-state index contributed by atoms with van der Waals surface area (Å²) in [6.07, 6.45) is 1.94. The molecule has 0 amide bonds. The van der Waals surface area contributed by atoms with Crippen LogP contribution >= 0.6 is 11.6 Å². The Balaban J connectivity index is 1.24. The van der Waals surface area contributed by atoms with E-state index in [1.54, 1.807) is 0 Å². The molecule has 74 heavy (non-hydrogen) atoms. The molecule has 0 unspecified atom stereocenters. The number of carbonyl (C=O) groups excluding carboxylic acids is 2. The van der Waals surface area contributed by atoms with Gasteiger partial charge in [0.2, 0.25) is 17.2 Å². The third kappa shape index (κ3) is 11.2. The monoisotopic (exact) mass is 1160 g/mol. The predicted octanol–water partition coefficient (Wildman–Crippen LogP) is 3.67. The number of nitro benzene ring substituents is 1. The first-order chi connectivity index (χ1) is 33.9. The second-order valence-corrected chi connectivity index (χ2v) is 23.5. The quantitative estimate of drug-likeness (QED) is 0.0230. The second kappa shape index (κ2) is 18.8. The number of non-ortho nitro benzene ring substituents is 1. The lowest BCUT2D eigenvalue weighted by Gasteiger charge is -2.24. The molecular weight excluding hydrogens is 1140 g/mol. The first-order valence-corrected chi connectivity index (χ1v) is 28.0. The highest BCUT2D eigenvalue weighted by Crippen LogP contribution is 2.42. The zero-order valence-electron chi connectivity index (χ0n) is 35.5. The maximum atomic E-state index is 14.1. The Hall–Kier alpha value is -7.46. The average molecular weight is 1160 g/mol. The van der Waals surface area contributed by atoms with Crippen molar-refractivity contribution < 1.29 is 92.3 Å². The van der Waals surface area contributed by atoms with Crippen LogP contribution in [0.2, 0.25) is 5.28 Å². The Kier molecular flexibility index (Phi) is 13.8. The van der Waals surface area contributed by atoms with Crippen LogP contribution in [0.4, 0.5) is 46.0 Å². The van der Waals surface area contributed by atoms with E-state index in [4.69, 9.17) is 17.3 Å². The van der Waals surface area contributed by atoms with E-state index in [9.17, 15) is 97.5 Å².